The van der Waals surface area contributed by atoms with Crippen LogP contribution in [0.2, 0.25) is 5.02 Å². The summed E-state index contributed by atoms with van der Waals surface area (Å²) in [7, 11) is 1.57. The number of aromatic nitrogens is 1. The Labute approximate surface area is 148 Å². The third-order valence-corrected chi connectivity index (χ3v) is 3.72. The number of fused-ring (bicyclic) bond motifs is 1. The molecule has 0 bridgehead atoms. The Hall–Kier alpha value is -2.64. The van der Waals surface area contributed by atoms with Gasteiger partial charge in [-0.05, 0) is 42.5 Å². The summed E-state index contributed by atoms with van der Waals surface area (Å²) in [6, 6.07) is 12.5. The molecule has 3 rings (SSSR count). The lowest BCUT2D eigenvalue weighted by atomic mass is 10.2. The van der Waals surface area contributed by atoms with Crippen LogP contribution in [-0.4, -0.2) is 22.3 Å². The normalized spacial score (nSPS) is 11.1. The fourth-order valence-corrected chi connectivity index (χ4v) is 2.54. The summed E-state index contributed by atoms with van der Waals surface area (Å²) in [4.78, 5) is 2.81. The van der Waals surface area contributed by atoms with Gasteiger partial charge in [0.25, 0.3) is 0 Å². The van der Waals surface area contributed by atoms with Gasteiger partial charge in [-0.25, -0.2) is 0 Å². The Bertz CT molecular complexity index is 939. The van der Waals surface area contributed by atoms with Gasteiger partial charge in [-0.3, -0.25) is 0 Å². The maximum absolute atomic E-state index is 9.97. The molecule has 2 aromatic carbocycles. The van der Waals surface area contributed by atoms with E-state index in [-0.39, 0.29) is 16.7 Å². The second-order valence-electron chi connectivity index (χ2n) is 4.84. The van der Waals surface area contributed by atoms with E-state index in [0.29, 0.717) is 27.4 Å². The predicted octanol–water partition coefficient (Wildman–Crippen LogP) is 5.02. The molecule has 24 heavy (non-hydrogen) atoms. The van der Waals surface area contributed by atoms with E-state index in [9.17, 15) is 5.11 Å². The number of halogens is 1. The van der Waals surface area contributed by atoms with Crippen molar-refractivity contribution in [3.05, 3.63) is 47.5 Å². The van der Waals surface area contributed by atoms with Gasteiger partial charge in [-0.2, -0.15) is 0 Å². The molecule has 1 aromatic heterocycles. The van der Waals surface area contributed by atoms with Crippen LogP contribution >= 0.6 is 23.8 Å². The number of hydrogen-bond donors (Lipinski definition) is 3. The van der Waals surface area contributed by atoms with Gasteiger partial charge in [0.1, 0.15) is 5.75 Å². The number of thiocarbonyl (C=S) groups is 1. The fraction of sp³-hybridized carbons (Fsp3) is 0.0625. The highest BCUT2D eigenvalue weighted by molar-refractivity contribution is 7.80. The molecule has 0 fully saturated rings. The van der Waals surface area contributed by atoms with Crippen LogP contribution in [0.15, 0.2) is 52.7 Å². The number of H-pyrrole nitrogens is 1. The number of hydrogen-bond acceptors (Lipinski definition) is 4. The summed E-state index contributed by atoms with van der Waals surface area (Å²) in [5, 5.41) is 22.2. The number of aromatic hydroxyl groups is 1. The first kappa shape index (κ1) is 16.2. The van der Waals surface area contributed by atoms with Crippen molar-refractivity contribution >= 4 is 51.2 Å². The Balaban J connectivity index is 1.84. The van der Waals surface area contributed by atoms with E-state index in [4.69, 9.17) is 28.6 Å². The number of nitrogens with one attached hydrogen (secondary N) is 2. The Morgan fingerprint density at radius 1 is 1.29 bits per heavy atom. The average molecular weight is 361 g/mol. The van der Waals surface area contributed by atoms with Crippen molar-refractivity contribution in [2.24, 2.45) is 10.2 Å². The number of aromatic amines is 1. The van der Waals surface area contributed by atoms with Gasteiger partial charge in [0.05, 0.1) is 18.3 Å². The number of nitrogens with zero attached hydrogens (tertiary/aromatic N) is 2. The highest BCUT2D eigenvalue weighted by atomic mass is 35.5. The zero-order valence-corrected chi connectivity index (χ0v) is 14.1. The van der Waals surface area contributed by atoms with E-state index in [1.54, 1.807) is 31.4 Å². The third-order valence-electron chi connectivity index (χ3n) is 3.30. The number of anilines is 1. The molecule has 3 aromatic rings. The van der Waals surface area contributed by atoms with Crippen LogP contribution in [-0.2, 0) is 0 Å². The van der Waals surface area contributed by atoms with E-state index in [2.05, 4.69) is 20.5 Å². The van der Waals surface area contributed by atoms with Gasteiger partial charge in [0, 0.05) is 10.4 Å². The number of ether oxygens (including phenoxy) is 1. The van der Waals surface area contributed by atoms with Crippen molar-refractivity contribution in [2.45, 2.75) is 0 Å². The number of methoxy groups -OCH3 is 1. The first-order chi connectivity index (χ1) is 11.6. The van der Waals surface area contributed by atoms with E-state index in [1.807, 2.05) is 18.2 Å². The van der Waals surface area contributed by atoms with E-state index in [0.717, 1.165) is 0 Å². The maximum atomic E-state index is 9.97. The van der Waals surface area contributed by atoms with Crippen molar-refractivity contribution in [1.29, 1.82) is 0 Å². The second-order valence-corrected chi connectivity index (χ2v) is 5.67. The molecule has 0 aliphatic rings. The summed E-state index contributed by atoms with van der Waals surface area (Å²) in [5.74, 6) is 0.535. The summed E-state index contributed by atoms with van der Waals surface area (Å²) in [6.45, 7) is 0. The van der Waals surface area contributed by atoms with E-state index in [1.165, 1.54) is 0 Å². The van der Waals surface area contributed by atoms with Crippen molar-refractivity contribution < 1.29 is 9.84 Å². The summed E-state index contributed by atoms with van der Waals surface area (Å²) in [6.07, 6.45) is 0. The molecule has 6 nitrogen and oxygen atoms in total. The summed E-state index contributed by atoms with van der Waals surface area (Å²) < 4.78 is 5.23. The van der Waals surface area contributed by atoms with Crippen LogP contribution in [0.1, 0.15) is 0 Å². The number of benzene rings is 2. The zero-order valence-electron chi connectivity index (χ0n) is 12.6. The SMILES string of the molecule is COc1ccccc1NC(=S)N=Nc1c(O)[nH]c2ccc(Cl)cc12. The van der Waals surface area contributed by atoms with E-state index < -0.39 is 0 Å². The standard InChI is InChI=1S/C16H13ClN4O2S/c1-23-13-5-3-2-4-12(13)19-16(24)21-20-14-10-8-9(17)6-7-11(10)18-15(14)22/h2-8,18,22H,1H3,(H,19,24). The van der Waals surface area contributed by atoms with Gasteiger partial charge in [-0.15, -0.1) is 10.2 Å². The quantitative estimate of drug-likeness (QED) is 0.452. The monoisotopic (exact) mass is 360 g/mol. The lowest BCUT2D eigenvalue weighted by Gasteiger charge is -2.08. The minimum absolute atomic E-state index is 0.101. The summed E-state index contributed by atoms with van der Waals surface area (Å²) in [5.41, 5.74) is 1.65. The molecular formula is C16H13ClN4O2S. The molecule has 0 amide bonds. The third kappa shape index (κ3) is 3.32. The van der Waals surface area contributed by atoms with Crippen LogP contribution in [0.4, 0.5) is 11.4 Å². The molecule has 0 radical (unpaired) electrons. The van der Waals surface area contributed by atoms with Crippen molar-refractivity contribution in [2.75, 3.05) is 12.4 Å². The van der Waals surface area contributed by atoms with Crippen LogP contribution < -0.4 is 10.1 Å². The summed E-state index contributed by atoms with van der Waals surface area (Å²) >= 11 is 11.1. The highest BCUT2D eigenvalue weighted by Crippen LogP contribution is 2.36. The van der Waals surface area contributed by atoms with Crippen molar-refractivity contribution in [3.63, 3.8) is 0 Å². The van der Waals surface area contributed by atoms with Gasteiger partial charge in [-0.1, -0.05) is 23.7 Å². The fourth-order valence-electron chi connectivity index (χ4n) is 2.22. The molecule has 1 heterocycles. The molecule has 3 N–H and O–H groups in total. The van der Waals surface area contributed by atoms with Crippen LogP contribution in [0.5, 0.6) is 11.6 Å². The average Bonchev–Trinajstić information content (AvgIpc) is 2.88. The zero-order chi connectivity index (χ0) is 17.1. The Kier molecular flexibility index (Phi) is 4.64. The van der Waals surface area contributed by atoms with E-state index >= 15 is 0 Å². The molecule has 0 unspecified atom stereocenters. The molecule has 0 saturated heterocycles. The van der Waals surface area contributed by atoms with Gasteiger partial charge >= 0.3 is 0 Å². The van der Waals surface area contributed by atoms with Crippen LogP contribution in [0.3, 0.4) is 0 Å². The highest BCUT2D eigenvalue weighted by Gasteiger charge is 2.11. The first-order valence-corrected chi connectivity index (χ1v) is 7.73. The molecular weight excluding hydrogens is 348 g/mol. The topological polar surface area (TPSA) is 82.0 Å². The smallest absolute Gasteiger partial charge is 0.218 e. The number of azo groups is 1. The molecule has 0 spiro atoms. The van der Waals surface area contributed by atoms with Gasteiger partial charge < -0.3 is 20.1 Å². The minimum atomic E-state index is -0.101. The molecule has 8 heteroatoms. The largest absolute Gasteiger partial charge is 0.495 e. The molecule has 0 saturated carbocycles. The first-order valence-electron chi connectivity index (χ1n) is 6.94. The molecule has 0 aliphatic carbocycles. The van der Waals surface area contributed by atoms with Crippen molar-refractivity contribution in [3.8, 4) is 11.6 Å². The Morgan fingerprint density at radius 2 is 2.08 bits per heavy atom. The van der Waals surface area contributed by atoms with Gasteiger partial charge in [0.15, 0.2) is 5.69 Å². The van der Waals surface area contributed by atoms with Gasteiger partial charge in [0.2, 0.25) is 11.0 Å². The number of rotatable bonds is 3. The Morgan fingerprint density at radius 3 is 2.88 bits per heavy atom. The number of para-hydroxylation sites is 2. The second kappa shape index (κ2) is 6.86. The lowest BCUT2D eigenvalue weighted by Crippen LogP contribution is -2.06. The lowest BCUT2D eigenvalue weighted by molar-refractivity contribution is 0.417. The van der Waals surface area contributed by atoms with Crippen LogP contribution in [0.25, 0.3) is 10.9 Å². The maximum Gasteiger partial charge on any atom is 0.218 e. The molecule has 122 valence electrons. The molecule has 0 atom stereocenters. The molecule has 0 aliphatic heterocycles. The predicted molar refractivity (Wildman–Crippen MR) is 98.7 cm³/mol. The van der Waals surface area contributed by atoms with Crippen LogP contribution in [0, 0.1) is 0 Å². The van der Waals surface area contributed by atoms with Crippen molar-refractivity contribution in [1.82, 2.24) is 4.98 Å². The minimum Gasteiger partial charge on any atom is -0.495 e.